The third-order valence-electron chi connectivity index (χ3n) is 6.66. The Kier molecular flexibility index (Phi) is 8.29. The molecule has 0 aliphatic carbocycles. The van der Waals surface area contributed by atoms with Crippen molar-refractivity contribution in [1.82, 2.24) is 20.5 Å². The quantitative estimate of drug-likeness (QED) is 0.581. The minimum absolute atomic E-state index is 0.132. The monoisotopic (exact) mass is 516 g/mol. The number of carbonyl (C=O) groups is 3. The summed E-state index contributed by atoms with van der Waals surface area (Å²) in [4.78, 5) is 44.5. The maximum absolute atomic E-state index is 13.3. The average Bonchev–Trinajstić information content (AvgIpc) is 3.32. The minimum atomic E-state index is -0.520. The number of likely N-dealkylation sites (tertiary alicyclic amines) is 1. The Morgan fingerprint density at radius 2 is 1.81 bits per heavy atom. The highest BCUT2D eigenvalue weighted by atomic mass is 32.1. The fraction of sp³-hybridized carbons (Fsp3) is 0.520. The summed E-state index contributed by atoms with van der Waals surface area (Å²) in [5.41, 5.74) is 0.755. The summed E-state index contributed by atoms with van der Waals surface area (Å²) in [7, 11) is 4.54. The molecule has 0 saturated carbocycles. The molecule has 1 aromatic heterocycles. The molecule has 36 heavy (non-hydrogen) atoms. The van der Waals surface area contributed by atoms with Crippen molar-refractivity contribution in [2.75, 3.05) is 41.0 Å². The van der Waals surface area contributed by atoms with Gasteiger partial charge in [-0.3, -0.25) is 14.4 Å². The van der Waals surface area contributed by atoms with Gasteiger partial charge in [0.1, 0.15) is 11.7 Å². The molecule has 11 heteroatoms. The number of methoxy groups -OCH3 is 3. The van der Waals surface area contributed by atoms with Gasteiger partial charge in [-0.2, -0.15) is 0 Å². The lowest BCUT2D eigenvalue weighted by molar-refractivity contribution is -0.122. The first-order valence-corrected chi connectivity index (χ1v) is 13.0. The molecular weight excluding hydrogens is 484 g/mol. The zero-order valence-corrected chi connectivity index (χ0v) is 21.6. The van der Waals surface area contributed by atoms with Gasteiger partial charge in [-0.15, -0.1) is 11.3 Å². The molecular formula is C25H32N4O6S. The van der Waals surface area contributed by atoms with Crippen LogP contribution in [0.15, 0.2) is 17.5 Å². The number of rotatable bonds is 7. The van der Waals surface area contributed by atoms with E-state index in [2.05, 4.69) is 15.6 Å². The number of nitrogens with zero attached hydrogens (tertiary/aromatic N) is 2. The Labute approximate surface area is 214 Å². The number of benzene rings is 1. The zero-order valence-electron chi connectivity index (χ0n) is 20.8. The largest absolute Gasteiger partial charge is 0.493 e. The maximum atomic E-state index is 13.3. The van der Waals surface area contributed by atoms with E-state index in [9.17, 15) is 14.4 Å². The summed E-state index contributed by atoms with van der Waals surface area (Å²) in [5, 5.41) is 8.26. The molecule has 2 aliphatic rings. The number of ether oxygens (including phenoxy) is 3. The van der Waals surface area contributed by atoms with Crippen LogP contribution in [0, 0.1) is 0 Å². The van der Waals surface area contributed by atoms with Crippen LogP contribution in [-0.4, -0.2) is 74.6 Å². The molecule has 3 heterocycles. The van der Waals surface area contributed by atoms with Gasteiger partial charge in [-0.05, 0) is 44.2 Å². The normalized spacial score (nSPS) is 18.7. The van der Waals surface area contributed by atoms with E-state index in [1.54, 1.807) is 22.4 Å². The highest BCUT2D eigenvalue weighted by molar-refractivity contribution is 7.09. The van der Waals surface area contributed by atoms with Crippen LogP contribution in [0.2, 0.25) is 0 Å². The summed E-state index contributed by atoms with van der Waals surface area (Å²) >= 11 is 1.45. The summed E-state index contributed by atoms with van der Waals surface area (Å²) in [5.74, 6) is 0.791. The highest BCUT2D eigenvalue weighted by Gasteiger charge is 2.30. The van der Waals surface area contributed by atoms with Crippen molar-refractivity contribution in [3.8, 4) is 17.2 Å². The van der Waals surface area contributed by atoms with Crippen molar-refractivity contribution in [1.29, 1.82) is 0 Å². The van der Waals surface area contributed by atoms with Crippen LogP contribution in [0.1, 0.15) is 63.9 Å². The molecule has 2 aliphatic heterocycles. The molecule has 2 aromatic rings. The SMILES string of the molecule is COc1ccc(C(=O)N2CCC(c3nc(C(=O)NC4CCCCNC4=O)cs3)CC2)c(OC)c1OC. The van der Waals surface area contributed by atoms with Gasteiger partial charge in [0.25, 0.3) is 11.8 Å². The second-order valence-corrected chi connectivity index (χ2v) is 9.72. The number of amides is 3. The molecule has 1 aromatic carbocycles. The molecule has 3 amide bonds. The van der Waals surface area contributed by atoms with Gasteiger partial charge in [-0.1, -0.05) is 0 Å². The van der Waals surface area contributed by atoms with E-state index in [4.69, 9.17) is 14.2 Å². The van der Waals surface area contributed by atoms with E-state index >= 15 is 0 Å². The third-order valence-corrected chi connectivity index (χ3v) is 7.67. The third kappa shape index (κ3) is 5.40. The van der Waals surface area contributed by atoms with E-state index in [-0.39, 0.29) is 23.6 Å². The number of piperidine rings is 1. The van der Waals surface area contributed by atoms with E-state index in [1.807, 2.05) is 0 Å². The van der Waals surface area contributed by atoms with Crippen LogP contribution >= 0.6 is 11.3 Å². The van der Waals surface area contributed by atoms with Gasteiger partial charge in [0, 0.05) is 30.9 Å². The predicted octanol–water partition coefficient (Wildman–Crippen LogP) is 2.59. The molecule has 1 atom stereocenters. The molecule has 2 fully saturated rings. The van der Waals surface area contributed by atoms with Crippen LogP contribution < -0.4 is 24.8 Å². The van der Waals surface area contributed by atoms with Crippen molar-refractivity contribution in [2.45, 2.75) is 44.1 Å². The van der Waals surface area contributed by atoms with Gasteiger partial charge in [0.15, 0.2) is 11.5 Å². The van der Waals surface area contributed by atoms with Crippen molar-refractivity contribution >= 4 is 29.1 Å². The predicted molar refractivity (Wildman–Crippen MR) is 134 cm³/mol. The summed E-state index contributed by atoms with van der Waals surface area (Å²) in [6, 6.07) is 2.87. The number of carbonyl (C=O) groups excluding carboxylic acids is 3. The molecule has 1 unspecified atom stereocenters. The summed E-state index contributed by atoms with van der Waals surface area (Å²) in [6.45, 7) is 1.76. The Bertz CT molecular complexity index is 1110. The van der Waals surface area contributed by atoms with Crippen LogP contribution in [-0.2, 0) is 4.79 Å². The first-order chi connectivity index (χ1) is 17.5. The van der Waals surface area contributed by atoms with Gasteiger partial charge in [0.2, 0.25) is 11.7 Å². The molecule has 10 nitrogen and oxygen atoms in total. The van der Waals surface area contributed by atoms with E-state index in [0.29, 0.717) is 54.6 Å². The molecule has 0 bridgehead atoms. The fourth-order valence-electron chi connectivity index (χ4n) is 4.66. The molecule has 4 rings (SSSR count). The Morgan fingerprint density at radius 3 is 2.50 bits per heavy atom. The van der Waals surface area contributed by atoms with Gasteiger partial charge >= 0.3 is 0 Å². The van der Waals surface area contributed by atoms with Crippen molar-refractivity contribution in [3.05, 3.63) is 33.8 Å². The van der Waals surface area contributed by atoms with Crippen LogP contribution in [0.5, 0.6) is 17.2 Å². The Morgan fingerprint density at radius 1 is 1.06 bits per heavy atom. The van der Waals surface area contributed by atoms with Crippen molar-refractivity contribution in [2.24, 2.45) is 0 Å². The van der Waals surface area contributed by atoms with E-state index in [1.165, 1.54) is 32.7 Å². The Balaban J connectivity index is 1.38. The molecule has 2 saturated heterocycles. The average molecular weight is 517 g/mol. The lowest BCUT2D eigenvalue weighted by atomic mass is 9.96. The summed E-state index contributed by atoms with van der Waals surface area (Å²) < 4.78 is 16.2. The smallest absolute Gasteiger partial charge is 0.271 e. The standard InChI is InChI=1S/C25H32N4O6S/c1-33-19-8-7-16(20(34-2)21(19)35-3)25(32)29-12-9-15(10-13-29)24-28-18(14-36-24)23(31)27-17-6-4-5-11-26-22(17)30/h7-8,14-15,17H,4-6,9-13H2,1-3H3,(H,26,30)(H,27,31). The fourth-order valence-corrected chi connectivity index (χ4v) is 5.63. The topological polar surface area (TPSA) is 119 Å². The first-order valence-electron chi connectivity index (χ1n) is 12.1. The van der Waals surface area contributed by atoms with Crippen molar-refractivity contribution < 1.29 is 28.6 Å². The number of thiazole rings is 1. The van der Waals surface area contributed by atoms with Crippen LogP contribution in [0.4, 0.5) is 0 Å². The van der Waals surface area contributed by atoms with Crippen LogP contribution in [0.3, 0.4) is 0 Å². The second-order valence-electron chi connectivity index (χ2n) is 8.83. The lowest BCUT2D eigenvalue weighted by Gasteiger charge is -2.31. The number of nitrogens with one attached hydrogen (secondary N) is 2. The highest BCUT2D eigenvalue weighted by Crippen LogP contribution is 2.40. The first kappa shape index (κ1) is 25.7. The molecule has 0 spiro atoms. The van der Waals surface area contributed by atoms with Gasteiger partial charge in [-0.25, -0.2) is 4.98 Å². The summed E-state index contributed by atoms with van der Waals surface area (Å²) in [6.07, 6.45) is 3.91. The minimum Gasteiger partial charge on any atom is -0.493 e. The second kappa shape index (κ2) is 11.6. The van der Waals surface area contributed by atoms with E-state index in [0.717, 1.165) is 30.7 Å². The van der Waals surface area contributed by atoms with Gasteiger partial charge < -0.3 is 29.7 Å². The van der Waals surface area contributed by atoms with E-state index < -0.39 is 6.04 Å². The Hall–Kier alpha value is -3.34. The molecule has 2 N–H and O–H groups in total. The number of hydrogen-bond donors (Lipinski definition) is 2. The number of aromatic nitrogens is 1. The number of hydrogen-bond acceptors (Lipinski definition) is 8. The van der Waals surface area contributed by atoms with Gasteiger partial charge in [0.05, 0.1) is 31.9 Å². The van der Waals surface area contributed by atoms with Crippen LogP contribution in [0.25, 0.3) is 0 Å². The van der Waals surface area contributed by atoms with Crippen molar-refractivity contribution in [3.63, 3.8) is 0 Å². The molecule has 0 radical (unpaired) electrons. The maximum Gasteiger partial charge on any atom is 0.271 e. The molecule has 194 valence electrons. The zero-order chi connectivity index (χ0) is 25.7. The lowest BCUT2D eigenvalue weighted by Crippen LogP contribution is -2.45.